The number of carbonyl (C=O) groups is 1. The number of rotatable bonds is 4. The maximum atomic E-state index is 12.4. The van der Waals surface area contributed by atoms with Crippen LogP contribution in [0.3, 0.4) is 0 Å². The molecule has 1 amide bonds. The Labute approximate surface area is 130 Å². The summed E-state index contributed by atoms with van der Waals surface area (Å²) in [7, 11) is 0. The van der Waals surface area contributed by atoms with Crippen molar-refractivity contribution in [3.8, 4) is 0 Å². The molecule has 0 spiro atoms. The zero-order valence-electron chi connectivity index (χ0n) is 13.2. The minimum atomic E-state index is 0.128. The Morgan fingerprint density at radius 3 is 3.00 bits per heavy atom. The van der Waals surface area contributed by atoms with Crippen LogP contribution in [0.1, 0.15) is 30.1 Å². The minimum Gasteiger partial charge on any atom is -0.361 e. The molecule has 2 aromatic heterocycles. The highest BCUT2D eigenvalue weighted by Gasteiger charge is 2.25. The van der Waals surface area contributed by atoms with E-state index in [1.165, 1.54) is 0 Å². The zero-order chi connectivity index (χ0) is 15.5. The van der Waals surface area contributed by atoms with Crippen LogP contribution in [0.5, 0.6) is 0 Å². The standard InChI is InChI=1S/C16H22N4O2/c1-12-8-15(22-18-12)9-16(21)20-6-3-4-14(11-20)10-19-7-5-17-13(19)2/h5,7-8,14H,3-4,6,9-11H2,1-2H3/t14-/m1/s1. The topological polar surface area (TPSA) is 64.2 Å². The fraction of sp³-hybridized carbons (Fsp3) is 0.562. The maximum Gasteiger partial charge on any atom is 0.230 e. The highest BCUT2D eigenvalue weighted by molar-refractivity contribution is 5.78. The Morgan fingerprint density at radius 2 is 2.32 bits per heavy atom. The van der Waals surface area contributed by atoms with Crippen molar-refractivity contribution >= 4 is 5.91 Å². The first-order chi connectivity index (χ1) is 10.6. The Bertz CT molecular complexity index is 646. The maximum absolute atomic E-state index is 12.4. The van der Waals surface area contributed by atoms with E-state index in [-0.39, 0.29) is 5.91 Å². The number of amides is 1. The van der Waals surface area contributed by atoms with E-state index in [9.17, 15) is 4.79 Å². The zero-order valence-corrected chi connectivity index (χ0v) is 13.2. The van der Waals surface area contributed by atoms with Crippen LogP contribution in [0.2, 0.25) is 0 Å². The molecule has 6 heteroatoms. The number of aryl methyl sites for hydroxylation is 2. The van der Waals surface area contributed by atoms with Crippen LogP contribution >= 0.6 is 0 Å². The molecule has 1 aliphatic rings. The van der Waals surface area contributed by atoms with Crippen LogP contribution in [0, 0.1) is 19.8 Å². The molecule has 1 aliphatic heterocycles. The van der Waals surface area contributed by atoms with E-state index in [4.69, 9.17) is 4.52 Å². The summed E-state index contributed by atoms with van der Waals surface area (Å²) in [5.74, 6) is 2.29. The number of hydrogen-bond acceptors (Lipinski definition) is 4. The summed E-state index contributed by atoms with van der Waals surface area (Å²) in [4.78, 5) is 18.6. The van der Waals surface area contributed by atoms with Gasteiger partial charge >= 0.3 is 0 Å². The second-order valence-electron chi connectivity index (χ2n) is 6.09. The predicted octanol–water partition coefficient (Wildman–Crippen LogP) is 1.97. The summed E-state index contributed by atoms with van der Waals surface area (Å²) >= 11 is 0. The van der Waals surface area contributed by atoms with E-state index >= 15 is 0 Å². The van der Waals surface area contributed by atoms with Gasteiger partial charge in [-0.15, -0.1) is 0 Å². The first-order valence-corrected chi connectivity index (χ1v) is 7.79. The van der Waals surface area contributed by atoms with Crippen molar-refractivity contribution in [3.05, 3.63) is 35.7 Å². The molecule has 3 rings (SSSR count). The number of likely N-dealkylation sites (tertiary alicyclic amines) is 1. The third-order valence-electron chi connectivity index (χ3n) is 4.25. The number of aromatic nitrogens is 3. The number of hydrogen-bond donors (Lipinski definition) is 0. The molecule has 0 unspecified atom stereocenters. The molecular weight excluding hydrogens is 280 g/mol. The second-order valence-corrected chi connectivity index (χ2v) is 6.09. The first-order valence-electron chi connectivity index (χ1n) is 7.79. The lowest BCUT2D eigenvalue weighted by Gasteiger charge is -2.33. The first kappa shape index (κ1) is 14.8. The number of piperidine rings is 1. The van der Waals surface area contributed by atoms with Gasteiger partial charge in [-0.1, -0.05) is 5.16 Å². The van der Waals surface area contributed by atoms with Crippen LogP contribution in [0.4, 0.5) is 0 Å². The van der Waals surface area contributed by atoms with Gasteiger partial charge in [-0.2, -0.15) is 0 Å². The Balaban J connectivity index is 1.58. The van der Waals surface area contributed by atoms with E-state index in [1.54, 1.807) is 0 Å². The van der Waals surface area contributed by atoms with Crippen molar-refractivity contribution in [2.24, 2.45) is 5.92 Å². The Morgan fingerprint density at radius 1 is 1.45 bits per heavy atom. The van der Waals surface area contributed by atoms with Crippen molar-refractivity contribution in [2.45, 2.75) is 39.7 Å². The van der Waals surface area contributed by atoms with Crippen LogP contribution in [0.15, 0.2) is 23.0 Å². The van der Waals surface area contributed by atoms with Crippen LogP contribution in [-0.2, 0) is 17.8 Å². The summed E-state index contributed by atoms with van der Waals surface area (Å²) in [5.41, 5.74) is 0.815. The molecule has 0 saturated carbocycles. The van der Waals surface area contributed by atoms with Gasteiger partial charge in [0.1, 0.15) is 11.6 Å². The molecule has 0 N–H and O–H groups in total. The van der Waals surface area contributed by atoms with Gasteiger partial charge in [-0.05, 0) is 32.6 Å². The largest absolute Gasteiger partial charge is 0.361 e. The monoisotopic (exact) mass is 302 g/mol. The van der Waals surface area contributed by atoms with Crippen molar-refractivity contribution in [1.82, 2.24) is 19.6 Å². The molecule has 3 heterocycles. The van der Waals surface area contributed by atoms with Crippen molar-refractivity contribution in [2.75, 3.05) is 13.1 Å². The van der Waals surface area contributed by atoms with Gasteiger partial charge in [-0.25, -0.2) is 4.98 Å². The molecule has 6 nitrogen and oxygen atoms in total. The predicted molar refractivity (Wildman–Crippen MR) is 81.2 cm³/mol. The highest BCUT2D eigenvalue weighted by atomic mass is 16.5. The molecule has 0 aromatic carbocycles. The van der Waals surface area contributed by atoms with E-state index in [2.05, 4.69) is 14.7 Å². The molecule has 2 aromatic rings. The average molecular weight is 302 g/mol. The number of nitrogens with zero attached hydrogens (tertiary/aromatic N) is 4. The molecule has 0 aliphatic carbocycles. The fourth-order valence-electron chi connectivity index (χ4n) is 3.08. The third kappa shape index (κ3) is 3.37. The van der Waals surface area contributed by atoms with Gasteiger partial charge in [0.25, 0.3) is 0 Å². The Kier molecular flexibility index (Phi) is 4.27. The lowest BCUT2D eigenvalue weighted by atomic mass is 9.97. The van der Waals surface area contributed by atoms with Crippen molar-refractivity contribution in [1.29, 1.82) is 0 Å². The molecule has 1 fully saturated rings. The number of carbonyl (C=O) groups excluding carboxylic acids is 1. The van der Waals surface area contributed by atoms with Gasteiger partial charge in [0, 0.05) is 38.1 Å². The molecule has 1 saturated heterocycles. The van der Waals surface area contributed by atoms with E-state index in [0.717, 1.165) is 44.0 Å². The molecular formula is C16H22N4O2. The lowest BCUT2D eigenvalue weighted by molar-refractivity contribution is -0.132. The van der Waals surface area contributed by atoms with Gasteiger partial charge in [-0.3, -0.25) is 4.79 Å². The van der Waals surface area contributed by atoms with Crippen molar-refractivity contribution in [3.63, 3.8) is 0 Å². The van der Waals surface area contributed by atoms with Crippen LogP contribution in [0.25, 0.3) is 0 Å². The normalized spacial score (nSPS) is 18.6. The van der Waals surface area contributed by atoms with Crippen molar-refractivity contribution < 1.29 is 9.32 Å². The third-order valence-corrected chi connectivity index (χ3v) is 4.25. The molecule has 0 radical (unpaired) electrons. The van der Waals surface area contributed by atoms with Gasteiger partial charge in [0.2, 0.25) is 5.91 Å². The smallest absolute Gasteiger partial charge is 0.230 e. The van der Waals surface area contributed by atoms with E-state index in [0.29, 0.717) is 18.1 Å². The summed E-state index contributed by atoms with van der Waals surface area (Å²) in [6.45, 7) is 6.45. The van der Waals surface area contributed by atoms with Gasteiger partial charge in [0.15, 0.2) is 0 Å². The second kappa shape index (κ2) is 6.34. The quantitative estimate of drug-likeness (QED) is 0.866. The van der Waals surface area contributed by atoms with Crippen LogP contribution < -0.4 is 0 Å². The summed E-state index contributed by atoms with van der Waals surface area (Å²) < 4.78 is 7.31. The SMILES string of the molecule is Cc1cc(CC(=O)N2CCC[C@H](Cn3ccnc3C)C2)on1. The fourth-order valence-corrected chi connectivity index (χ4v) is 3.08. The van der Waals surface area contributed by atoms with Gasteiger partial charge < -0.3 is 14.0 Å². The molecule has 1 atom stereocenters. The van der Waals surface area contributed by atoms with Gasteiger partial charge in [0.05, 0.1) is 12.1 Å². The average Bonchev–Trinajstić information content (AvgIpc) is 3.08. The summed E-state index contributed by atoms with van der Waals surface area (Å²) in [5, 5.41) is 3.83. The highest BCUT2D eigenvalue weighted by Crippen LogP contribution is 2.20. The Hall–Kier alpha value is -2.11. The minimum absolute atomic E-state index is 0.128. The molecule has 22 heavy (non-hydrogen) atoms. The number of imidazole rings is 1. The van der Waals surface area contributed by atoms with Crippen LogP contribution in [-0.4, -0.2) is 38.6 Å². The lowest BCUT2D eigenvalue weighted by Crippen LogP contribution is -2.41. The van der Waals surface area contributed by atoms with E-state index in [1.807, 2.05) is 37.2 Å². The summed E-state index contributed by atoms with van der Waals surface area (Å²) in [6, 6.07) is 1.83. The van der Waals surface area contributed by atoms with E-state index < -0.39 is 0 Å². The molecule has 118 valence electrons. The molecule has 0 bridgehead atoms. The summed E-state index contributed by atoms with van der Waals surface area (Å²) in [6.07, 6.45) is 6.35.